The van der Waals surface area contributed by atoms with Crippen molar-refractivity contribution in [3.8, 4) is 0 Å². The number of amides is 1. The Morgan fingerprint density at radius 1 is 1.47 bits per heavy atom. The fraction of sp³-hybridized carbons (Fsp3) is 0.500. The Bertz CT molecular complexity index is 403. The second-order valence-corrected chi connectivity index (χ2v) is 4.66. The van der Waals surface area contributed by atoms with E-state index in [-0.39, 0.29) is 11.9 Å². The standard InChI is InChI=1S/C14H20N2O/c1-2-11-6-3-4-8-13(11)14(17)16-9-5-7-12(15)10-16/h3-4,6,8,12H,2,5,7,9-10,15H2,1H3. The van der Waals surface area contributed by atoms with Crippen molar-refractivity contribution in [1.29, 1.82) is 0 Å². The number of benzene rings is 1. The molecule has 3 heteroatoms. The van der Waals surface area contributed by atoms with Crippen LogP contribution in [0.4, 0.5) is 0 Å². The lowest BCUT2D eigenvalue weighted by atomic mass is 10.0. The van der Waals surface area contributed by atoms with Crippen LogP contribution in [0.25, 0.3) is 0 Å². The fourth-order valence-corrected chi connectivity index (χ4v) is 2.40. The van der Waals surface area contributed by atoms with Crippen LogP contribution in [0.15, 0.2) is 24.3 Å². The van der Waals surface area contributed by atoms with Gasteiger partial charge in [-0.05, 0) is 30.9 Å². The van der Waals surface area contributed by atoms with Crippen LogP contribution in [0, 0.1) is 0 Å². The molecule has 1 aromatic rings. The lowest BCUT2D eigenvalue weighted by Gasteiger charge is -2.31. The van der Waals surface area contributed by atoms with Crippen molar-refractivity contribution < 1.29 is 4.79 Å². The molecule has 1 saturated heterocycles. The maximum atomic E-state index is 12.4. The molecule has 0 bridgehead atoms. The third-order valence-corrected chi connectivity index (χ3v) is 3.37. The smallest absolute Gasteiger partial charge is 0.254 e. The topological polar surface area (TPSA) is 46.3 Å². The number of rotatable bonds is 2. The van der Waals surface area contributed by atoms with Crippen molar-refractivity contribution in [2.75, 3.05) is 13.1 Å². The Balaban J connectivity index is 2.18. The highest BCUT2D eigenvalue weighted by Gasteiger charge is 2.23. The van der Waals surface area contributed by atoms with E-state index in [1.165, 1.54) is 0 Å². The molecule has 1 fully saturated rings. The van der Waals surface area contributed by atoms with Crippen LogP contribution in [-0.2, 0) is 6.42 Å². The zero-order chi connectivity index (χ0) is 12.3. The molecule has 1 unspecified atom stereocenters. The van der Waals surface area contributed by atoms with Gasteiger partial charge in [-0.1, -0.05) is 25.1 Å². The molecule has 17 heavy (non-hydrogen) atoms. The molecule has 1 amide bonds. The lowest BCUT2D eigenvalue weighted by molar-refractivity contribution is 0.0707. The second kappa shape index (κ2) is 5.32. The van der Waals surface area contributed by atoms with E-state index < -0.39 is 0 Å². The van der Waals surface area contributed by atoms with Crippen molar-refractivity contribution >= 4 is 5.91 Å². The summed E-state index contributed by atoms with van der Waals surface area (Å²) in [5.74, 6) is 0.137. The molecule has 1 aromatic carbocycles. The van der Waals surface area contributed by atoms with Gasteiger partial charge in [0.05, 0.1) is 0 Å². The number of hydrogen-bond donors (Lipinski definition) is 1. The van der Waals surface area contributed by atoms with Crippen LogP contribution in [0.3, 0.4) is 0 Å². The summed E-state index contributed by atoms with van der Waals surface area (Å²) in [5, 5.41) is 0. The van der Waals surface area contributed by atoms with Crippen molar-refractivity contribution in [2.24, 2.45) is 5.73 Å². The summed E-state index contributed by atoms with van der Waals surface area (Å²) in [5.41, 5.74) is 7.88. The second-order valence-electron chi connectivity index (χ2n) is 4.66. The predicted octanol–water partition coefficient (Wildman–Crippen LogP) is 1.81. The van der Waals surface area contributed by atoms with Gasteiger partial charge in [0.1, 0.15) is 0 Å². The number of hydrogen-bond acceptors (Lipinski definition) is 2. The number of piperidine rings is 1. The first-order valence-electron chi connectivity index (χ1n) is 6.35. The Kier molecular flexibility index (Phi) is 3.79. The molecule has 3 nitrogen and oxygen atoms in total. The van der Waals surface area contributed by atoms with Gasteiger partial charge in [0.25, 0.3) is 5.91 Å². The van der Waals surface area contributed by atoms with E-state index >= 15 is 0 Å². The van der Waals surface area contributed by atoms with E-state index in [2.05, 4.69) is 6.92 Å². The summed E-state index contributed by atoms with van der Waals surface area (Å²) in [6.07, 6.45) is 2.93. The number of carbonyl (C=O) groups excluding carboxylic acids is 1. The summed E-state index contributed by atoms with van der Waals surface area (Å²) >= 11 is 0. The van der Waals surface area contributed by atoms with Gasteiger partial charge in [-0.25, -0.2) is 0 Å². The predicted molar refractivity (Wildman–Crippen MR) is 68.9 cm³/mol. The summed E-state index contributed by atoms with van der Waals surface area (Å²) in [7, 11) is 0. The average molecular weight is 232 g/mol. The Hall–Kier alpha value is -1.35. The average Bonchev–Trinajstić information content (AvgIpc) is 2.38. The summed E-state index contributed by atoms with van der Waals surface area (Å²) in [6.45, 7) is 3.61. The maximum absolute atomic E-state index is 12.4. The van der Waals surface area contributed by atoms with Crippen molar-refractivity contribution in [3.05, 3.63) is 35.4 Å². The van der Waals surface area contributed by atoms with Gasteiger partial charge in [0.15, 0.2) is 0 Å². The van der Waals surface area contributed by atoms with E-state index in [0.717, 1.165) is 36.9 Å². The zero-order valence-electron chi connectivity index (χ0n) is 10.4. The van der Waals surface area contributed by atoms with Gasteiger partial charge in [0.2, 0.25) is 0 Å². The molecular weight excluding hydrogens is 212 g/mol. The fourth-order valence-electron chi connectivity index (χ4n) is 2.40. The minimum absolute atomic E-state index is 0.137. The molecule has 0 spiro atoms. The number of aryl methyl sites for hydroxylation is 1. The first kappa shape index (κ1) is 12.1. The zero-order valence-corrected chi connectivity index (χ0v) is 10.4. The highest BCUT2D eigenvalue weighted by atomic mass is 16.2. The van der Waals surface area contributed by atoms with Crippen LogP contribution < -0.4 is 5.73 Å². The number of nitrogens with zero attached hydrogens (tertiary/aromatic N) is 1. The van der Waals surface area contributed by atoms with E-state index in [1.54, 1.807) is 0 Å². The highest BCUT2D eigenvalue weighted by molar-refractivity contribution is 5.95. The Morgan fingerprint density at radius 2 is 2.24 bits per heavy atom. The first-order valence-corrected chi connectivity index (χ1v) is 6.35. The number of carbonyl (C=O) groups is 1. The summed E-state index contributed by atoms with van der Waals surface area (Å²) in [4.78, 5) is 14.3. The monoisotopic (exact) mass is 232 g/mol. The normalized spacial score (nSPS) is 20.4. The van der Waals surface area contributed by atoms with E-state index in [4.69, 9.17) is 5.73 Å². The van der Waals surface area contributed by atoms with Gasteiger partial charge >= 0.3 is 0 Å². The maximum Gasteiger partial charge on any atom is 0.254 e. The minimum Gasteiger partial charge on any atom is -0.337 e. The number of nitrogens with two attached hydrogens (primary N) is 1. The molecule has 0 aliphatic carbocycles. The SMILES string of the molecule is CCc1ccccc1C(=O)N1CCCC(N)C1. The minimum atomic E-state index is 0.137. The molecule has 1 atom stereocenters. The molecule has 0 aromatic heterocycles. The van der Waals surface area contributed by atoms with Crippen LogP contribution in [0.2, 0.25) is 0 Å². The van der Waals surface area contributed by atoms with Gasteiger partial charge < -0.3 is 10.6 Å². The third kappa shape index (κ3) is 2.67. The lowest BCUT2D eigenvalue weighted by Crippen LogP contribution is -2.45. The molecule has 2 rings (SSSR count). The molecule has 2 N–H and O–H groups in total. The van der Waals surface area contributed by atoms with Gasteiger partial charge in [0, 0.05) is 24.7 Å². The van der Waals surface area contributed by atoms with Crippen molar-refractivity contribution in [3.63, 3.8) is 0 Å². The molecular formula is C14H20N2O. The van der Waals surface area contributed by atoms with Crippen LogP contribution >= 0.6 is 0 Å². The Morgan fingerprint density at radius 3 is 2.94 bits per heavy atom. The van der Waals surface area contributed by atoms with Gasteiger partial charge in [-0.2, -0.15) is 0 Å². The van der Waals surface area contributed by atoms with Crippen molar-refractivity contribution in [1.82, 2.24) is 4.90 Å². The van der Waals surface area contributed by atoms with Crippen molar-refractivity contribution in [2.45, 2.75) is 32.2 Å². The largest absolute Gasteiger partial charge is 0.337 e. The molecule has 1 heterocycles. The van der Waals surface area contributed by atoms with E-state index in [1.807, 2.05) is 29.2 Å². The summed E-state index contributed by atoms with van der Waals surface area (Å²) in [6, 6.07) is 7.99. The van der Waals surface area contributed by atoms with Gasteiger partial charge in [-0.3, -0.25) is 4.79 Å². The molecule has 1 aliphatic rings. The van der Waals surface area contributed by atoms with E-state index in [0.29, 0.717) is 6.54 Å². The molecule has 0 radical (unpaired) electrons. The van der Waals surface area contributed by atoms with Gasteiger partial charge in [-0.15, -0.1) is 0 Å². The van der Waals surface area contributed by atoms with Crippen LogP contribution in [-0.4, -0.2) is 29.9 Å². The van der Waals surface area contributed by atoms with E-state index in [9.17, 15) is 4.79 Å². The Labute approximate surface area is 103 Å². The quantitative estimate of drug-likeness (QED) is 0.845. The highest BCUT2D eigenvalue weighted by Crippen LogP contribution is 2.16. The third-order valence-electron chi connectivity index (χ3n) is 3.37. The van der Waals surface area contributed by atoms with Crippen LogP contribution in [0.5, 0.6) is 0 Å². The molecule has 92 valence electrons. The first-order chi connectivity index (χ1) is 8.22. The number of likely N-dealkylation sites (tertiary alicyclic amines) is 1. The molecule has 1 aliphatic heterocycles. The summed E-state index contributed by atoms with van der Waals surface area (Å²) < 4.78 is 0. The van der Waals surface area contributed by atoms with Crippen LogP contribution in [0.1, 0.15) is 35.7 Å². The molecule has 0 saturated carbocycles.